The summed E-state index contributed by atoms with van der Waals surface area (Å²) >= 11 is 0. The van der Waals surface area contributed by atoms with Gasteiger partial charge in [-0.2, -0.15) is 9.78 Å². The molecule has 20 heavy (non-hydrogen) atoms. The Morgan fingerprint density at radius 1 is 0.950 bits per heavy atom. The third-order valence-corrected chi connectivity index (χ3v) is 3.49. The molecule has 2 aromatic heterocycles. The lowest BCUT2D eigenvalue weighted by atomic mass is 10.2. The molecule has 2 aromatic carbocycles. The fourth-order valence-corrected chi connectivity index (χ4v) is 2.49. The second kappa shape index (κ2) is 4.06. The van der Waals surface area contributed by atoms with Crippen LogP contribution >= 0.6 is 0 Å². The van der Waals surface area contributed by atoms with Gasteiger partial charge in [-0.3, -0.25) is 4.79 Å². The van der Waals surface area contributed by atoms with E-state index in [2.05, 4.69) is 10.1 Å². The quantitative estimate of drug-likeness (QED) is 0.572. The first-order valence-corrected chi connectivity index (χ1v) is 6.38. The van der Waals surface area contributed by atoms with Crippen molar-refractivity contribution in [2.45, 2.75) is 0 Å². The van der Waals surface area contributed by atoms with Crippen molar-refractivity contribution in [3.63, 3.8) is 0 Å². The van der Waals surface area contributed by atoms with Gasteiger partial charge in [0.05, 0.1) is 17.3 Å². The highest BCUT2D eigenvalue weighted by molar-refractivity contribution is 5.88. The van der Waals surface area contributed by atoms with E-state index in [1.807, 2.05) is 54.7 Å². The molecule has 4 rings (SSSR count). The molecule has 0 aliphatic rings. The molecule has 0 fully saturated rings. The summed E-state index contributed by atoms with van der Waals surface area (Å²) in [4.78, 5) is 15.7. The Hall–Kier alpha value is -2.88. The van der Waals surface area contributed by atoms with Gasteiger partial charge < -0.3 is 4.98 Å². The van der Waals surface area contributed by atoms with Crippen LogP contribution in [0.15, 0.2) is 65.7 Å². The van der Waals surface area contributed by atoms with Crippen molar-refractivity contribution in [1.29, 1.82) is 0 Å². The van der Waals surface area contributed by atoms with E-state index >= 15 is 0 Å². The molecule has 1 N–H and O–H groups in total. The van der Waals surface area contributed by atoms with E-state index in [1.165, 1.54) is 4.68 Å². The van der Waals surface area contributed by atoms with E-state index in [4.69, 9.17) is 0 Å². The number of fused-ring (bicyclic) bond motifs is 2. The molecule has 4 nitrogen and oxygen atoms in total. The zero-order chi connectivity index (χ0) is 13.5. The third kappa shape index (κ3) is 1.48. The van der Waals surface area contributed by atoms with Gasteiger partial charge >= 0.3 is 0 Å². The molecule has 0 spiro atoms. The van der Waals surface area contributed by atoms with E-state index in [-0.39, 0.29) is 5.56 Å². The molecular weight excluding hydrogens is 250 g/mol. The lowest BCUT2D eigenvalue weighted by Crippen LogP contribution is -2.20. The second-order valence-corrected chi connectivity index (χ2v) is 4.67. The molecular formula is C16H11N3O. The van der Waals surface area contributed by atoms with Crippen molar-refractivity contribution in [2.24, 2.45) is 0 Å². The maximum atomic E-state index is 12.6. The van der Waals surface area contributed by atoms with E-state index in [0.29, 0.717) is 5.39 Å². The number of para-hydroxylation sites is 1. The Labute approximate surface area is 114 Å². The summed E-state index contributed by atoms with van der Waals surface area (Å²) in [5, 5.41) is 6.80. The molecule has 0 saturated heterocycles. The van der Waals surface area contributed by atoms with Gasteiger partial charge in [-0.1, -0.05) is 36.4 Å². The summed E-state index contributed by atoms with van der Waals surface area (Å²) in [5.41, 5.74) is 1.66. The van der Waals surface area contributed by atoms with E-state index in [1.54, 1.807) is 6.20 Å². The zero-order valence-electron chi connectivity index (χ0n) is 10.6. The standard InChI is InChI=1S/C16H11N3O/c20-16-12-6-2-1-5-11(12)9-18-19(16)15-10-17-14-8-4-3-7-13(14)15/h1-10,17H. The fourth-order valence-electron chi connectivity index (χ4n) is 2.49. The van der Waals surface area contributed by atoms with Crippen LogP contribution in [-0.4, -0.2) is 14.8 Å². The van der Waals surface area contributed by atoms with Gasteiger partial charge in [-0.05, 0) is 12.1 Å². The number of hydrogen-bond donors (Lipinski definition) is 1. The summed E-state index contributed by atoms with van der Waals surface area (Å²) in [5.74, 6) is 0. The van der Waals surface area contributed by atoms with Crippen molar-refractivity contribution < 1.29 is 0 Å². The summed E-state index contributed by atoms with van der Waals surface area (Å²) in [6.45, 7) is 0. The lowest BCUT2D eigenvalue weighted by molar-refractivity contribution is 0.827. The maximum absolute atomic E-state index is 12.6. The summed E-state index contributed by atoms with van der Waals surface area (Å²) in [6.07, 6.45) is 3.53. The number of H-pyrrole nitrogens is 1. The monoisotopic (exact) mass is 261 g/mol. The number of aromatic nitrogens is 3. The molecule has 4 heteroatoms. The predicted octanol–water partition coefficient (Wildman–Crippen LogP) is 2.87. The maximum Gasteiger partial charge on any atom is 0.279 e. The molecule has 4 aromatic rings. The molecule has 0 unspecified atom stereocenters. The van der Waals surface area contributed by atoms with Gasteiger partial charge in [-0.15, -0.1) is 0 Å². The molecule has 96 valence electrons. The van der Waals surface area contributed by atoms with Crippen LogP contribution in [0.2, 0.25) is 0 Å². The molecule has 0 radical (unpaired) electrons. The first-order chi connectivity index (χ1) is 9.84. The van der Waals surface area contributed by atoms with E-state index < -0.39 is 0 Å². The zero-order valence-corrected chi connectivity index (χ0v) is 10.6. The Morgan fingerprint density at radius 2 is 1.70 bits per heavy atom. The van der Waals surface area contributed by atoms with Gasteiger partial charge in [-0.25, -0.2) is 0 Å². The van der Waals surface area contributed by atoms with Crippen molar-refractivity contribution in [3.05, 3.63) is 71.3 Å². The summed E-state index contributed by atoms with van der Waals surface area (Å²) < 4.78 is 1.45. The molecule has 0 aliphatic heterocycles. The minimum absolute atomic E-state index is 0.104. The number of nitrogens with zero attached hydrogens (tertiary/aromatic N) is 2. The largest absolute Gasteiger partial charge is 0.359 e. The van der Waals surface area contributed by atoms with Crippen LogP contribution in [0.5, 0.6) is 0 Å². The van der Waals surface area contributed by atoms with Crippen molar-refractivity contribution in [1.82, 2.24) is 14.8 Å². The van der Waals surface area contributed by atoms with Crippen molar-refractivity contribution >= 4 is 21.7 Å². The number of nitrogens with one attached hydrogen (secondary N) is 1. The minimum atomic E-state index is -0.104. The highest BCUT2D eigenvalue weighted by Crippen LogP contribution is 2.20. The lowest BCUT2D eigenvalue weighted by Gasteiger charge is -2.04. The topological polar surface area (TPSA) is 50.7 Å². The molecule has 0 atom stereocenters. The van der Waals surface area contributed by atoms with Crippen LogP contribution in [0.1, 0.15) is 0 Å². The Bertz CT molecular complexity index is 982. The van der Waals surface area contributed by atoms with Crippen LogP contribution < -0.4 is 5.56 Å². The van der Waals surface area contributed by atoms with E-state index in [0.717, 1.165) is 22.0 Å². The van der Waals surface area contributed by atoms with Crippen LogP contribution in [0.4, 0.5) is 0 Å². The van der Waals surface area contributed by atoms with Crippen LogP contribution in [-0.2, 0) is 0 Å². The predicted molar refractivity (Wildman–Crippen MR) is 79.2 cm³/mol. The van der Waals surface area contributed by atoms with E-state index in [9.17, 15) is 4.79 Å². The third-order valence-electron chi connectivity index (χ3n) is 3.49. The first kappa shape index (κ1) is 11.0. The normalized spacial score (nSPS) is 11.2. The molecule has 2 heterocycles. The highest BCUT2D eigenvalue weighted by Gasteiger charge is 2.09. The molecule has 0 bridgehead atoms. The van der Waals surface area contributed by atoms with Gasteiger partial charge in [0.25, 0.3) is 5.56 Å². The second-order valence-electron chi connectivity index (χ2n) is 4.67. The molecule has 0 saturated carbocycles. The smallest absolute Gasteiger partial charge is 0.279 e. The summed E-state index contributed by atoms with van der Waals surface area (Å²) in [6, 6.07) is 15.3. The number of rotatable bonds is 1. The number of benzene rings is 2. The first-order valence-electron chi connectivity index (χ1n) is 6.38. The van der Waals surface area contributed by atoms with Crippen LogP contribution in [0.3, 0.4) is 0 Å². The highest BCUT2D eigenvalue weighted by atomic mass is 16.1. The minimum Gasteiger partial charge on any atom is -0.359 e. The summed E-state index contributed by atoms with van der Waals surface area (Å²) in [7, 11) is 0. The number of aromatic amines is 1. The van der Waals surface area contributed by atoms with Gasteiger partial charge in [0.15, 0.2) is 0 Å². The van der Waals surface area contributed by atoms with Gasteiger partial charge in [0, 0.05) is 22.5 Å². The SMILES string of the molecule is O=c1c2ccccc2cnn1-c1c[nH]c2ccccc12. The van der Waals surface area contributed by atoms with Crippen LogP contribution in [0, 0.1) is 0 Å². The Morgan fingerprint density at radius 3 is 2.60 bits per heavy atom. The number of hydrogen-bond acceptors (Lipinski definition) is 2. The van der Waals surface area contributed by atoms with Crippen molar-refractivity contribution in [3.8, 4) is 5.69 Å². The fraction of sp³-hybridized carbons (Fsp3) is 0. The Kier molecular flexibility index (Phi) is 2.23. The average Bonchev–Trinajstić information content (AvgIpc) is 2.92. The average molecular weight is 261 g/mol. The van der Waals surface area contributed by atoms with Gasteiger partial charge in [0.1, 0.15) is 0 Å². The van der Waals surface area contributed by atoms with Crippen molar-refractivity contribution in [2.75, 3.05) is 0 Å². The molecule has 0 amide bonds. The molecule has 0 aliphatic carbocycles. The Balaban J connectivity index is 2.08. The van der Waals surface area contributed by atoms with Gasteiger partial charge in [0.2, 0.25) is 0 Å². The van der Waals surface area contributed by atoms with Crippen LogP contribution in [0.25, 0.3) is 27.4 Å².